The maximum atomic E-state index is 11.9. The topological polar surface area (TPSA) is 66.8 Å². The fourth-order valence-corrected chi connectivity index (χ4v) is 6.70. The Labute approximate surface area is 138 Å². The highest BCUT2D eigenvalue weighted by Gasteiger charge is 2.49. The minimum absolute atomic E-state index is 0.0896. The minimum atomic E-state index is -3.04. The van der Waals surface area contributed by atoms with E-state index in [0.717, 1.165) is 11.3 Å². The molecule has 0 radical (unpaired) electrons. The van der Waals surface area contributed by atoms with Crippen molar-refractivity contribution in [3.05, 3.63) is 29.8 Å². The van der Waals surface area contributed by atoms with Gasteiger partial charge in [0.05, 0.1) is 17.5 Å². The number of aliphatic imine (C=N–C) groups is 1. The number of fused-ring (bicyclic) bond motifs is 1. The summed E-state index contributed by atoms with van der Waals surface area (Å²) in [7, 11) is -3.04. The number of amides is 1. The molecule has 2 aliphatic rings. The molecule has 0 aromatic heterocycles. The van der Waals surface area contributed by atoms with E-state index in [1.807, 2.05) is 36.1 Å². The number of thioether (sulfide) groups is 1. The van der Waals surface area contributed by atoms with E-state index < -0.39 is 15.7 Å². The molecule has 2 aliphatic heterocycles. The summed E-state index contributed by atoms with van der Waals surface area (Å²) in [5.74, 6) is -0.380. The first-order valence-electron chi connectivity index (χ1n) is 6.80. The Balaban J connectivity index is 2.01. The van der Waals surface area contributed by atoms with Crippen LogP contribution in [0.1, 0.15) is 5.56 Å². The third-order valence-corrected chi connectivity index (χ3v) is 7.15. The molecule has 2 saturated heterocycles. The third kappa shape index (κ3) is 3.02. The van der Waals surface area contributed by atoms with Crippen molar-refractivity contribution in [2.45, 2.75) is 18.2 Å². The number of carbonyl (C=O) groups excluding carboxylic acids is 1. The molecule has 2 atom stereocenters. The van der Waals surface area contributed by atoms with Gasteiger partial charge < -0.3 is 4.90 Å². The molecule has 1 aromatic carbocycles. The molecular weight excluding hydrogens is 344 g/mol. The molecule has 3 rings (SSSR count). The minimum Gasteiger partial charge on any atom is -0.316 e. The predicted octanol–water partition coefficient (Wildman–Crippen LogP) is 1.84. The Morgan fingerprint density at radius 3 is 2.68 bits per heavy atom. The number of amidine groups is 1. The van der Waals surface area contributed by atoms with Crippen LogP contribution in [0.5, 0.6) is 0 Å². The molecule has 8 heteroatoms. The molecule has 0 saturated carbocycles. The normalized spacial score (nSPS) is 28.1. The number of aryl methyl sites for hydroxylation is 1. The van der Waals surface area contributed by atoms with Gasteiger partial charge in [0.2, 0.25) is 0 Å². The number of sulfone groups is 1. The van der Waals surface area contributed by atoms with Crippen LogP contribution in [0, 0.1) is 6.92 Å². The number of benzene rings is 1. The van der Waals surface area contributed by atoms with Crippen molar-refractivity contribution in [2.24, 2.45) is 4.99 Å². The molecule has 118 valence electrons. The second kappa shape index (κ2) is 5.86. The zero-order chi connectivity index (χ0) is 15.9. The van der Waals surface area contributed by atoms with Gasteiger partial charge in [0.25, 0.3) is 5.91 Å². The average Bonchev–Trinajstić information content (AvgIpc) is 2.91. The first-order valence-corrected chi connectivity index (χ1v) is 10.0. The molecule has 5 nitrogen and oxygen atoms in total. The molecular formula is C14H15ClN2O3S2. The summed E-state index contributed by atoms with van der Waals surface area (Å²) >= 11 is 6.88. The molecule has 22 heavy (non-hydrogen) atoms. The summed E-state index contributed by atoms with van der Waals surface area (Å²) in [4.78, 5) is 17.5. The zero-order valence-electron chi connectivity index (χ0n) is 11.9. The van der Waals surface area contributed by atoms with Crippen molar-refractivity contribution < 1.29 is 13.2 Å². The largest absolute Gasteiger partial charge is 0.316 e. The van der Waals surface area contributed by atoms with Crippen LogP contribution in [-0.2, 0) is 14.6 Å². The van der Waals surface area contributed by atoms with Crippen molar-refractivity contribution >= 4 is 50.0 Å². The van der Waals surface area contributed by atoms with Gasteiger partial charge >= 0.3 is 0 Å². The number of rotatable bonds is 2. The molecule has 1 amide bonds. The van der Waals surface area contributed by atoms with E-state index in [9.17, 15) is 13.2 Å². The molecule has 2 unspecified atom stereocenters. The van der Waals surface area contributed by atoms with Gasteiger partial charge in [-0.2, -0.15) is 4.99 Å². The summed E-state index contributed by atoms with van der Waals surface area (Å²) in [5, 5.41) is 0.451. The van der Waals surface area contributed by atoms with Gasteiger partial charge in [-0.3, -0.25) is 4.79 Å². The fraction of sp³-hybridized carbons (Fsp3) is 0.429. The molecule has 0 N–H and O–H groups in total. The van der Waals surface area contributed by atoms with Crippen molar-refractivity contribution in [2.75, 3.05) is 22.3 Å². The Hall–Kier alpha value is -1.05. The highest BCUT2D eigenvalue weighted by atomic mass is 35.5. The second-order valence-corrected chi connectivity index (χ2v) is 9.06. The quantitative estimate of drug-likeness (QED) is 0.754. The van der Waals surface area contributed by atoms with Crippen molar-refractivity contribution in [1.82, 2.24) is 0 Å². The molecule has 1 aromatic rings. The Kier molecular flexibility index (Phi) is 4.22. The highest BCUT2D eigenvalue weighted by molar-refractivity contribution is 8.16. The van der Waals surface area contributed by atoms with E-state index in [1.54, 1.807) is 0 Å². The van der Waals surface area contributed by atoms with Crippen LogP contribution in [0.4, 0.5) is 5.69 Å². The van der Waals surface area contributed by atoms with Crippen LogP contribution in [-0.4, -0.2) is 48.2 Å². The van der Waals surface area contributed by atoms with Gasteiger partial charge in [0, 0.05) is 10.9 Å². The van der Waals surface area contributed by atoms with E-state index >= 15 is 0 Å². The lowest BCUT2D eigenvalue weighted by Crippen LogP contribution is -2.37. The van der Waals surface area contributed by atoms with Crippen LogP contribution >= 0.6 is 23.4 Å². The summed E-state index contributed by atoms with van der Waals surface area (Å²) in [5.41, 5.74) is 1.96. The smallest absolute Gasteiger partial charge is 0.262 e. The lowest BCUT2D eigenvalue weighted by molar-refractivity contribution is -0.115. The van der Waals surface area contributed by atoms with Gasteiger partial charge in [-0.25, -0.2) is 8.42 Å². The number of hydrogen-bond donors (Lipinski definition) is 0. The summed E-state index contributed by atoms with van der Waals surface area (Å²) < 4.78 is 23.8. The maximum Gasteiger partial charge on any atom is 0.262 e. The van der Waals surface area contributed by atoms with Gasteiger partial charge in [-0.1, -0.05) is 29.5 Å². The summed E-state index contributed by atoms with van der Waals surface area (Å²) in [6.45, 7) is 1.98. The van der Waals surface area contributed by atoms with Crippen LogP contribution in [0.25, 0.3) is 0 Å². The van der Waals surface area contributed by atoms with Crippen LogP contribution < -0.4 is 4.90 Å². The summed E-state index contributed by atoms with van der Waals surface area (Å²) in [6.07, 6.45) is 0. The Bertz CT molecular complexity index is 731. The van der Waals surface area contributed by atoms with Crippen LogP contribution in [0.2, 0.25) is 0 Å². The van der Waals surface area contributed by atoms with Gasteiger partial charge in [0.1, 0.15) is 5.88 Å². The number of hydrogen-bond acceptors (Lipinski definition) is 4. The number of alkyl halides is 1. The van der Waals surface area contributed by atoms with Crippen molar-refractivity contribution in [3.63, 3.8) is 0 Å². The molecule has 2 fully saturated rings. The standard InChI is InChI=1S/C14H15ClN2O3S2/c1-9-2-4-10(5-3-9)17-11-7-22(19,20)8-12(11)21-14(17)16-13(18)6-15/h2-5,11-12H,6-8H2,1H3. The van der Waals surface area contributed by atoms with E-state index in [0.29, 0.717) is 5.17 Å². The first-order chi connectivity index (χ1) is 10.4. The number of anilines is 1. The van der Waals surface area contributed by atoms with Gasteiger partial charge in [-0.05, 0) is 19.1 Å². The van der Waals surface area contributed by atoms with Crippen LogP contribution in [0.3, 0.4) is 0 Å². The lowest BCUT2D eigenvalue weighted by Gasteiger charge is -2.24. The number of nitrogens with zero attached hydrogens (tertiary/aromatic N) is 2. The Morgan fingerprint density at radius 1 is 1.36 bits per heavy atom. The SMILES string of the molecule is Cc1ccc(N2C(=NC(=O)CCl)SC3CS(=O)(=O)CC32)cc1. The monoisotopic (exact) mass is 358 g/mol. The molecule has 2 heterocycles. The highest BCUT2D eigenvalue weighted by Crippen LogP contribution is 2.40. The zero-order valence-corrected chi connectivity index (χ0v) is 14.3. The Morgan fingerprint density at radius 2 is 2.05 bits per heavy atom. The van der Waals surface area contributed by atoms with Crippen molar-refractivity contribution in [1.29, 1.82) is 0 Å². The molecule has 0 spiro atoms. The van der Waals surface area contributed by atoms with E-state index in [2.05, 4.69) is 4.99 Å². The third-order valence-electron chi connectivity index (χ3n) is 3.71. The molecule has 0 bridgehead atoms. The maximum absolute atomic E-state index is 11.9. The van der Waals surface area contributed by atoms with E-state index in [-0.39, 0.29) is 28.7 Å². The van der Waals surface area contributed by atoms with E-state index in [4.69, 9.17) is 11.6 Å². The van der Waals surface area contributed by atoms with Gasteiger partial charge in [0.15, 0.2) is 15.0 Å². The number of carbonyl (C=O) groups is 1. The first kappa shape index (κ1) is 15.8. The van der Waals surface area contributed by atoms with Crippen LogP contribution in [0.15, 0.2) is 29.3 Å². The van der Waals surface area contributed by atoms with E-state index in [1.165, 1.54) is 11.8 Å². The predicted molar refractivity (Wildman–Crippen MR) is 90.6 cm³/mol. The molecule has 0 aliphatic carbocycles. The average molecular weight is 359 g/mol. The van der Waals surface area contributed by atoms with Gasteiger partial charge in [-0.15, -0.1) is 11.6 Å². The summed E-state index contributed by atoms with van der Waals surface area (Å²) in [6, 6.07) is 7.57. The number of halogens is 1. The lowest BCUT2D eigenvalue weighted by atomic mass is 10.1. The fourth-order valence-electron chi connectivity index (χ4n) is 2.71. The second-order valence-electron chi connectivity index (χ2n) is 5.43. The van der Waals surface area contributed by atoms with Crippen molar-refractivity contribution in [3.8, 4) is 0 Å².